The molecule has 1 atom stereocenters. The number of anilines is 1. The van der Waals surface area contributed by atoms with Gasteiger partial charge in [0.1, 0.15) is 10.7 Å². The van der Waals surface area contributed by atoms with E-state index in [-0.39, 0.29) is 11.7 Å². The number of thiazole rings is 1. The Labute approximate surface area is 114 Å². The Hall–Kier alpha value is -1.96. The third-order valence-corrected chi connectivity index (χ3v) is 3.83. The fraction of sp³-hybridized carbons (Fsp3) is 0.455. The molecule has 102 valence electrons. The minimum absolute atomic E-state index is 0.0163. The monoisotopic (exact) mass is 281 g/mol. The normalized spacial score (nSPS) is 12.4. The van der Waals surface area contributed by atoms with Crippen LogP contribution in [0.2, 0.25) is 0 Å². The van der Waals surface area contributed by atoms with E-state index in [9.17, 15) is 10.1 Å². The maximum atomic E-state index is 11.1. The smallest absolute Gasteiger partial charge is 0.333 e. The van der Waals surface area contributed by atoms with Gasteiger partial charge in [0, 0.05) is 18.1 Å². The second kappa shape index (κ2) is 4.96. The summed E-state index contributed by atoms with van der Waals surface area (Å²) in [5, 5.41) is 19.2. The highest BCUT2D eigenvalue weighted by Gasteiger charge is 2.25. The number of hydrogen-bond acceptors (Lipinski definition) is 6. The average Bonchev–Trinajstić information content (AvgIpc) is 2.84. The van der Waals surface area contributed by atoms with Crippen molar-refractivity contribution < 1.29 is 4.92 Å². The first-order valence-corrected chi connectivity index (χ1v) is 6.58. The van der Waals surface area contributed by atoms with Crippen LogP contribution in [0.15, 0.2) is 6.20 Å². The van der Waals surface area contributed by atoms with Gasteiger partial charge in [-0.05, 0) is 20.8 Å². The standard InChI is InChI=1S/C11H15N5O2S/c1-6-5-12-11(19-6)8(3)13-10-9(16(17)18)7(2)14-15(10)4/h5,8,13H,1-4H3. The van der Waals surface area contributed by atoms with Gasteiger partial charge in [-0.15, -0.1) is 11.3 Å². The van der Waals surface area contributed by atoms with Gasteiger partial charge in [-0.2, -0.15) is 5.10 Å². The van der Waals surface area contributed by atoms with E-state index < -0.39 is 4.92 Å². The van der Waals surface area contributed by atoms with Crippen LogP contribution in [0.3, 0.4) is 0 Å². The number of rotatable bonds is 4. The molecule has 0 spiro atoms. The molecule has 0 saturated carbocycles. The fourth-order valence-corrected chi connectivity index (χ4v) is 2.64. The molecule has 8 heteroatoms. The molecule has 0 saturated heterocycles. The van der Waals surface area contributed by atoms with E-state index in [1.807, 2.05) is 13.8 Å². The van der Waals surface area contributed by atoms with E-state index in [1.165, 1.54) is 4.68 Å². The summed E-state index contributed by atoms with van der Waals surface area (Å²) in [6.07, 6.45) is 1.79. The summed E-state index contributed by atoms with van der Waals surface area (Å²) in [7, 11) is 1.68. The molecule has 0 bridgehead atoms. The van der Waals surface area contributed by atoms with Crippen molar-refractivity contribution >= 4 is 22.8 Å². The summed E-state index contributed by atoms with van der Waals surface area (Å²) in [6.45, 7) is 5.52. The largest absolute Gasteiger partial charge is 0.356 e. The van der Waals surface area contributed by atoms with Crippen LogP contribution in [0.5, 0.6) is 0 Å². The number of nitrogens with one attached hydrogen (secondary N) is 1. The molecular formula is C11H15N5O2S. The molecular weight excluding hydrogens is 266 g/mol. The zero-order valence-corrected chi connectivity index (χ0v) is 12.0. The second-order valence-electron chi connectivity index (χ2n) is 4.34. The first-order valence-electron chi connectivity index (χ1n) is 5.77. The van der Waals surface area contributed by atoms with Gasteiger partial charge in [0.25, 0.3) is 0 Å². The van der Waals surface area contributed by atoms with Gasteiger partial charge in [0.2, 0.25) is 5.82 Å². The van der Waals surface area contributed by atoms with Gasteiger partial charge >= 0.3 is 5.69 Å². The van der Waals surface area contributed by atoms with Crippen LogP contribution in [-0.4, -0.2) is 19.7 Å². The number of nitrogens with zero attached hydrogens (tertiary/aromatic N) is 4. The van der Waals surface area contributed by atoms with Crippen LogP contribution < -0.4 is 5.32 Å². The molecule has 0 aromatic carbocycles. The zero-order valence-electron chi connectivity index (χ0n) is 11.2. The number of aryl methyl sites for hydroxylation is 3. The van der Waals surface area contributed by atoms with Gasteiger partial charge < -0.3 is 5.32 Å². The lowest BCUT2D eigenvalue weighted by atomic mass is 10.3. The van der Waals surface area contributed by atoms with Crippen LogP contribution in [0.1, 0.15) is 28.5 Å². The van der Waals surface area contributed by atoms with E-state index in [2.05, 4.69) is 15.4 Å². The Morgan fingerprint density at radius 1 is 1.53 bits per heavy atom. The highest BCUT2D eigenvalue weighted by molar-refractivity contribution is 7.11. The van der Waals surface area contributed by atoms with Crippen molar-refractivity contribution in [2.24, 2.45) is 7.05 Å². The molecule has 7 nitrogen and oxygen atoms in total. The number of aromatic nitrogens is 3. The van der Waals surface area contributed by atoms with Crippen molar-refractivity contribution in [1.82, 2.24) is 14.8 Å². The van der Waals surface area contributed by atoms with Crippen molar-refractivity contribution in [3.8, 4) is 0 Å². The molecule has 0 radical (unpaired) electrons. The predicted molar refractivity (Wildman–Crippen MR) is 73.5 cm³/mol. The molecule has 0 aliphatic rings. The Balaban J connectivity index is 2.31. The lowest BCUT2D eigenvalue weighted by molar-refractivity contribution is -0.384. The van der Waals surface area contributed by atoms with Gasteiger partial charge in [0.15, 0.2) is 0 Å². The Morgan fingerprint density at radius 3 is 2.74 bits per heavy atom. The SMILES string of the molecule is Cc1cnc(C(C)Nc2c([N+](=O)[O-])c(C)nn2C)s1. The van der Waals surface area contributed by atoms with Crippen LogP contribution >= 0.6 is 11.3 Å². The molecule has 2 heterocycles. The highest BCUT2D eigenvalue weighted by Crippen LogP contribution is 2.31. The van der Waals surface area contributed by atoms with Crippen molar-refractivity contribution in [2.45, 2.75) is 26.8 Å². The molecule has 2 rings (SSSR count). The van der Waals surface area contributed by atoms with E-state index >= 15 is 0 Å². The van der Waals surface area contributed by atoms with E-state index in [0.717, 1.165) is 9.88 Å². The Morgan fingerprint density at radius 2 is 2.21 bits per heavy atom. The van der Waals surface area contributed by atoms with E-state index in [0.29, 0.717) is 11.5 Å². The topological polar surface area (TPSA) is 85.9 Å². The van der Waals surface area contributed by atoms with Gasteiger partial charge in [-0.3, -0.25) is 10.1 Å². The third kappa shape index (κ3) is 2.58. The van der Waals surface area contributed by atoms with Crippen molar-refractivity contribution in [3.05, 3.63) is 31.9 Å². The first-order chi connectivity index (χ1) is 8.90. The molecule has 0 amide bonds. The van der Waals surface area contributed by atoms with Crippen molar-refractivity contribution in [2.75, 3.05) is 5.32 Å². The van der Waals surface area contributed by atoms with Crippen LogP contribution in [0.25, 0.3) is 0 Å². The summed E-state index contributed by atoms with van der Waals surface area (Å²) in [6, 6.07) is -0.104. The summed E-state index contributed by atoms with van der Waals surface area (Å²) in [5.41, 5.74) is 0.417. The summed E-state index contributed by atoms with van der Waals surface area (Å²) < 4.78 is 1.49. The molecule has 1 unspecified atom stereocenters. The van der Waals surface area contributed by atoms with Crippen molar-refractivity contribution in [3.63, 3.8) is 0 Å². The van der Waals surface area contributed by atoms with Crippen LogP contribution in [0, 0.1) is 24.0 Å². The number of nitro groups is 1. The highest BCUT2D eigenvalue weighted by atomic mass is 32.1. The van der Waals surface area contributed by atoms with Gasteiger partial charge in [-0.25, -0.2) is 9.67 Å². The number of hydrogen-bond donors (Lipinski definition) is 1. The summed E-state index contributed by atoms with van der Waals surface area (Å²) >= 11 is 1.57. The van der Waals surface area contributed by atoms with E-state index in [4.69, 9.17) is 0 Å². The summed E-state index contributed by atoms with van der Waals surface area (Å²) in [5.74, 6) is 0.405. The molecule has 19 heavy (non-hydrogen) atoms. The molecule has 1 N–H and O–H groups in total. The lowest BCUT2D eigenvalue weighted by Crippen LogP contribution is -2.11. The Bertz CT molecular complexity index is 619. The second-order valence-corrected chi connectivity index (χ2v) is 5.60. The molecule has 2 aromatic heterocycles. The van der Waals surface area contributed by atoms with Crippen molar-refractivity contribution in [1.29, 1.82) is 0 Å². The fourth-order valence-electron chi connectivity index (χ4n) is 1.87. The van der Waals surface area contributed by atoms with Crippen LogP contribution in [-0.2, 0) is 7.05 Å². The molecule has 0 fully saturated rings. The maximum Gasteiger partial charge on any atom is 0.333 e. The molecule has 2 aromatic rings. The molecule has 0 aliphatic heterocycles. The molecule has 0 aliphatic carbocycles. The van der Waals surface area contributed by atoms with Gasteiger partial charge in [0.05, 0.1) is 11.0 Å². The van der Waals surface area contributed by atoms with E-state index in [1.54, 1.807) is 31.5 Å². The predicted octanol–water partition coefficient (Wildman–Crippen LogP) is 2.57. The minimum atomic E-state index is -0.412. The summed E-state index contributed by atoms with van der Waals surface area (Å²) in [4.78, 5) is 16.1. The maximum absolute atomic E-state index is 11.1. The minimum Gasteiger partial charge on any atom is -0.356 e. The third-order valence-electron chi connectivity index (χ3n) is 2.74. The zero-order chi connectivity index (χ0) is 14.2. The van der Waals surface area contributed by atoms with Gasteiger partial charge in [-0.1, -0.05) is 0 Å². The van der Waals surface area contributed by atoms with Crippen LogP contribution in [0.4, 0.5) is 11.5 Å². The Kier molecular flexibility index (Phi) is 3.52. The lowest BCUT2D eigenvalue weighted by Gasteiger charge is -2.11. The average molecular weight is 281 g/mol. The first kappa shape index (κ1) is 13.5. The quantitative estimate of drug-likeness (QED) is 0.687.